The highest BCUT2D eigenvalue weighted by Crippen LogP contribution is 2.37. The van der Waals surface area contributed by atoms with E-state index in [1.54, 1.807) is 40.9 Å². The average molecular weight is 1250 g/mol. The van der Waals surface area contributed by atoms with E-state index in [4.69, 9.17) is 57.8 Å². The van der Waals surface area contributed by atoms with Crippen LogP contribution in [0.3, 0.4) is 0 Å². The van der Waals surface area contributed by atoms with Crippen LogP contribution >= 0.6 is 0 Å². The fraction of sp³-hybridized carbons (Fsp3) is 0.800. The number of esters is 1. The number of nitrogens with two attached hydrogens (primary N) is 1. The van der Waals surface area contributed by atoms with Crippen molar-refractivity contribution in [2.24, 2.45) is 35.3 Å². The van der Waals surface area contributed by atoms with Gasteiger partial charge in [-0.25, -0.2) is 9.59 Å². The number of allylic oxidation sites excluding steroid dienone is 5. The SMILES string of the molecule is CCCOCCOCCOCCOCCOCCOCCNC(=O)O[C@@H]1CC[C@@H](C[C@@H](N)[C@@H]2C[C@@H](O)[C@H](C)/C=C(\C)[C@@H](O)[C@@H](O)C(=O)[C@H](C)C[C@H](C)/C=C/C=C/C=C(\C)[C@@H](OC)C[C@@H]3CC[C@@H](C)[C@@](O)(O3)C(=O)C(=O)N3CCCC[C@H]3C(=O)O2)C[C@H]1OC. The zero-order valence-electron chi connectivity index (χ0n) is 54.1. The first-order valence-electron chi connectivity index (χ1n) is 32.1. The molecule has 1 saturated carbocycles. The van der Waals surface area contributed by atoms with Gasteiger partial charge < -0.3 is 88.5 Å². The van der Waals surface area contributed by atoms with E-state index in [2.05, 4.69) is 12.2 Å². The van der Waals surface area contributed by atoms with Gasteiger partial charge in [-0.3, -0.25) is 14.4 Å². The molecule has 23 nitrogen and oxygen atoms in total. The van der Waals surface area contributed by atoms with Crippen molar-refractivity contribution in [3.05, 3.63) is 47.6 Å². The molecule has 1 aliphatic carbocycles. The van der Waals surface area contributed by atoms with E-state index in [1.165, 1.54) is 7.11 Å². The Labute approximate surface area is 522 Å². The Morgan fingerprint density at radius 3 is 1.97 bits per heavy atom. The van der Waals surface area contributed by atoms with Crippen LogP contribution in [0.15, 0.2) is 47.6 Å². The van der Waals surface area contributed by atoms with E-state index in [0.29, 0.717) is 117 Å². The van der Waals surface area contributed by atoms with Gasteiger partial charge in [-0.1, -0.05) is 71.1 Å². The van der Waals surface area contributed by atoms with Gasteiger partial charge in [0.1, 0.15) is 30.5 Å². The van der Waals surface area contributed by atoms with Gasteiger partial charge in [0.25, 0.3) is 11.7 Å². The van der Waals surface area contributed by atoms with Crippen LogP contribution in [0.5, 0.6) is 0 Å². The molecule has 23 heteroatoms. The van der Waals surface area contributed by atoms with Gasteiger partial charge in [0.15, 0.2) is 5.78 Å². The number of ether oxygens (including phenoxy) is 11. The van der Waals surface area contributed by atoms with E-state index in [9.17, 15) is 44.4 Å². The van der Waals surface area contributed by atoms with Gasteiger partial charge in [0, 0.05) is 70.6 Å². The van der Waals surface area contributed by atoms with Gasteiger partial charge in [-0.2, -0.15) is 0 Å². The van der Waals surface area contributed by atoms with Crippen LogP contribution in [0.25, 0.3) is 0 Å². The molecule has 2 amide bonds. The van der Waals surface area contributed by atoms with Crippen molar-refractivity contribution in [2.45, 2.75) is 199 Å². The second kappa shape index (κ2) is 41.4. The lowest BCUT2D eigenvalue weighted by molar-refractivity contribution is -0.265. The number of rotatable bonds is 26. The lowest BCUT2D eigenvalue weighted by Gasteiger charge is -2.42. The molecule has 3 fully saturated rings. The van der Waals surface area contributed by atoms with E-state index < -0.39 is 114 Å². The highest BCUT2D eigenvalue weighted by Gasteiger charge is 2.53. The van der Waals surface area contributed by atoms with Gasteiger partial charge in [0.2, 0.25) is 5.79 Å². The topological polar surface area (TPSA) is 309 Å². The summed E-state index contributed by atoms with van der Waals surface area (Å²) in [7, 11) is 3.09. The maximum Gasteiger partial charge on any atom is 0.407 e. The molecule has 0 unspecified atom stereocenters. The second-order valence-corrected chi connectivity index (χ2v) is 24.2. The largest absolute Gasteiger partial charge is 0.459 e. The standard InChI is InChI=1S/C65H109N3O20/c1-10-25-80-27-29-82-31-33-84-35-36-85-34-32-83-30-28-81-26-23-67-64(76)87-54-22-20-49(40-57(54)79-9)39-51(66)56-42-53(69)45(4)38-47(6)59(71)60(72)58(70)46(5)37-43(2)16-12-11-13-17-44(3)55(78-8)41-50-21-19-48(7)65(77,88-50)61(73)62(74)68-24-15-14-18-52(68)63(75)86-56/h11-13,16-17,38,43,45-46,48-57,59-60,69,71-72,77H,10,14-15,18-37,39-42,66H2,1-9H3,(H,67,76)/b13-11+,16-12+,44-17+,47-38+/t43-,45-,46-,48-,49+,50+,51-,52+,53-,54-,55+,56+,57-,59-,60+,65-/m1/s1. The van der Waals surface area contributed by atoms with Gasteiger partial charge in [-0.15, -0.1) is 0 Å². The molecule has 2 saturated heterocycles. The highest BCUT2D eigenvalue weighted by atomic mass is 16.6. The quantitative estimate of drug-likeness (QED) is 0.0279. The summed E-state index contributed by atoms with van der Waals surface area (Å²) in [5.74, 6) is -8.36. The molecule has 0 aromatic carbocycles. The minimum Gasteiger partial charge on any atom is -0.459 e. The molecule has 4 rings (SSSR count). The number of carbonyl (C=O) groups excluding carboxylic acids is 5. The zero-order valence-corrected chi connectivity index (χ0v) is 54.1. The van der Waals surface area contributed by atoms with Crippen LogP contribution in [0.4, 0.5) is 4.79 Å². The van der Waals surface area contributed by atoms with Crippen molar-refractivity contribution in [2.75, 3.05) is 107 Å². The monoisotopic (exact) mass is 1250 g/mol. The lowest BCUT2D eigenvalue weighted by Crippen LogP contribution is -2.61. The summed E-state index contributed by atoms with van der Waals surface area (Å²) in [6.07, 6.45) is 7.59. The number of hydrogen-bond acceptors (Lipinski definition) is 21. The van der Waals surface area contributed by atoms with Crippen LogP contribution in [0, 0.1) is 29.6 Å². The lowest BCUT2D eigenvalue weighted by atomic mass is 9.80. The molecular formula is C65H109N3O20. The number of alkyl carbamates (subject to hydrolysis) is 1. The maximum atomic E-state index is 14.6. The van der Waals surface area contributed by atoms with Crippen molar-refractivity contribution in [1.29, 1.82) is 0 Å². The number of aliphatic hydroxyl groups is 4. The molecule has 3 heterocycles. The summed E-state index contributed by atoms with van der Waals surface area (Å²) < 4.78 is 62.9. The van der Waals surface area contributed by atoms with Gasteiger partial charge in [0.05, 0.1) is 97.1 Å². The summed E-state index contributed by atoms with van der Waals surface area (Å²) >= 11 is 0. The summed E-state index contributed by atoms with van der Waals surface area (Å²) in [5, 5.41) is 49.1. The average Bonchev–Trinajstić information content (AvgIpc) is 1.84. The van der Waals surface area contributed by atoms with Crippen LogP contribution < -0.4 is 11.1 Å². The summed E-state index contributed by atoms with van der Waals surface area (Å²) in [5.41, 5.74) is 8.11. The molecule has 504 valence electrons. The third-order valence-electron chi connectivity index (χ3n) is 17.1. The summed E-state index contributed by atoms with van der Waals surface area (Å²) in [6, 6.07) is -2.12. The number of nitrogens with zero attached hydrogens (tertiary/aromatic N) is 1. The minimum absolute atomic E-state index is 0.0275. The van der Waals surface area contributed by atoms with Crippen molar-refractivity contribution >= 4 is 29.5 Å². The van der Waals surface area contributed by atoms with Gasteiger partial charge >= 0.3 is 12.1 Å². The maximum absolute atomic E-state index is 14.6. The third kappa shape index (κ3) is 25.9. The number of ketones is 2. The Morgan fingerprint density at radius 1 is 0.727 bits per heavy atom. The van der Waals surface area contributed by atoms with Crippen molar-refractivity contribution in [1.82, 2.24) is 10.2 Å². The molecule has 0 spiro atoms. The predicted molar refractivity (Wildman–Crippen MR) is 328 cm³/mol. The molecule has 0 aromatic rings. The minimum atomic E-state index is -2.48. The molecule has 16 atom stereocenters. The van der Waals surface area contributed by atoms with Crippen LogP contribution in [-0.4, -0.2) is 228 Å². The highest BCUT2D eigenvalue weighted by molar-refractivity contribution is 6.39. The smallest absolute Gasteiger partial charge is 0.407 e. The number of Topliss-reactive ketones (excluding diaryl/α,β-unsaturated/α-hetero) is 2. The summed E-state index contributed by atoms with van der Waals surface area (Å²) in [6.45, 7) is 18.2. The third-order valence-corrected chi connectivity index (χ3v) is 17.1. The van der Waals surface area contributed by atoms with Crippen molar-refractivity contribution in [3.63, 3.8) is 0 Å². The Morgan fingerprint density at radius 2 is 1.35 bits per heavy atom. The fourth-order valence-electron chi connectivity index (χ4n) is 11.7. The van der Waals surface area contributed by atoms with Crippen LogP contribution in [0.1, 0.15) is 132 Å². The normalized spacial score (nSPS) is 33.7. The van der Waals surface area contributed by atoms with Gasteiger partial charge in [-0.05, 0) is 107 Å². The number of carbonyl (C=O) groups is 5. The van der Waals surface area contributed by atoms with Crippen molar-refractivity contribution < 1.29 is 96.5 Å². The fourth-order valence-corrected chi connectivity index (χ4v) is 11.7. The van der Waals surface area contributed by atoms with Crippen molar-refractivity contribution in [3.8, 4) is 0 Å². The number of amides is 2. The van der Waals surface area contributed by atoms with Crippen LogP contribution in [0.2, 0.25) is 0 Å². The van der Waals surface area contributed by atoms with E-state index in [0.717, 1.165) is 23.5 Å². The molecule has 88 heavy (non-hydrogen) atoms. The first kappa shape index (κ1) is 76.4. The Hall–Kier alpha value is -4.05. The van der Waals surface area contributed by atoms with E-state index in [-0.39, 0.29) is 62.8 Å². The number of cyclic esters (lactones) is 1. The number of fused-ring (bicyclic) bond motifs is 3. The molecule has 4 aliphatic rings. The molecule has 0 aromatic heterocycles. The van der Waals surface area contributed by atoms with E-state index >= 15 is 0 Å². The first-order valence-corrected chi connectivity index (χ1v) is 32.1. The van der Waals surface area contributed by atoms with E-state index in [1.807, 2.05) is 44.2 Å². The first-order chi connectivity index (χ1) is 42.1. The number of nitrogens with one attached hydrogen (secondary N) is 1. The second-order valence-electron chi connectivity index (χ2n) is 24.2. The Bertz CT molecular complexity index is 2200. The van der Waals surface area contributed by atoms with Crippen LogP contribution in [-0.2, 0) is 71.3 Å². The number of methoxy groups -OCH3 is 2. The number of hydrogen-bond donors (Lipinski definition) is 6. The zero-order chi connectivity index (χ0) is 64.6. The number of piperidine rings is 1. The molecule has 0 radical (unpaired) electrons. The molecule has 7 N–H and O–H groups in total. The Balaban J connectivity index is 1.40. The predicted octanol–water partition coefficient (Wildman–Crippen LogP) is 5.25. The molecule has 3 aliphatic heterocycles. The summed E-state index contributed by atoms with van der Waals surface area (Å²) in [4.78, 5) is 71.0. The molecule has 2 bridgehead atoms. The molecular weight excluding hydrogens is 1140 g/mol. The number of aliphatic hydroxyl groups excluding tert-OH is 3. The Kier molecular flexibility index (Phi) is 36.0.